The molecule has 0 saturated heterocycles. The highest BCUT2D eigenvalue weighted by molar-refractivity contribution is 7.99. The van der Waals surface area contributed by atoms with E-state index in [1.807, 2.05) is 13.8 Å². The fourth-order valence-electron chi connectivity index (χ4n) is 3.56. The Hall–Kier alpha value is -1.93. The quantitative estimate of drug-likeness (QED) is 0.251. The van der Waals surface area contributed by atoms with Gasteiger partial charge >= 0.3 is 0 Å². The monoisotopic (exact) mass is 416 g/mol. The van der Waals surface area contributed by atoms with Crippen molar-refractivity contribution in [3.8, 4) is 0 Å². The van der Waals surface area contributed by atoms with Gasteiger partial charge in [0.15, 0.2) is 11.0 Å². The molecule has 0 amide bonds. The van der Waals surface area contributed by atoms with Crippen LogP contribution in [0.4, 0.5) is 0 Å². The first-order valence-electron chi connectivity index (χ1n) is 9.77. The number of hydrogen-bond acceptors (Lipinski definition) is 7. The highest BCUT2D eigenvalue weighted by Crippen LogP contribution is 2.37. The summed E-state index contributed by atoms with van der Waals surface area (Å²) in [6.45, 7) is 8.25. The summed E-state index contributed by atoms with van der Waals surface area (Å²) in [5.74, 6) is 1.25. The number of thioether (sulfide) groups is 1. The Balaban J connectivity index is 1.77. The molecule has 3 aromatic heterocycles. The molecule has 148 valence electrons. The fraction of sp³-hybridized carbons (Fsp3) is 0.500. The molecule has 0 aliphatic heterocycles. The first kappa shape index (κ1) is 19.4. The van der Waals surface area contributed by atoms with Crippen molar-refractivity contribution >= 4 is 33.3 Å². The minimum atomic E-state index is -0.0917. The Bertz CT molecular complexity index is 1070. The van der Waals surface area contributed by atoms with Crippen molar-refractivity contribution in [2.45, 2.75) is 69.3 Å². The topological polar surface area (TPSA) is 73.8 Å². The lowest BCUT2D eigenvalue weighted by atomic mass is 10.1. The van der Waals surface area contributed by atoms with Gasteiger partial charge in [-0.2, -0.15) is 4.98 Å². The van der Waals surface area contributed by atoms with E-state index in [4.69, 9.17) is 9.51 Å². The molecule has 1 aliphatic carbocycles. The molecule has 0 spiro atoms. The SMILES string of the molecule is C=CCn1c(SC(C)c2nc(CC)no2)nc2sc3c(c2c1=O)CCCCC3. The maximum Gasteiger partial charge on any atom is 0.263 e. The van der Waals surface area contributed by atoms with Gasteiger partial charge in [0.25, 0.3) is 5.56 Å². The van der Waals surface area contributed by atoms with Gasteiger partial charge in [0.05, 0.1) is 10.6 Å². The number of nitrogens with zero attached hydrogens (tertiary/aromatic N) is 4. The normalized spacial score (nSPS) is 15.4. The lowest BCUT2D eigenvalue weighted by Gasteiger charge is -2.12. The second-order valence-corrected chi connectivity index (χ2v) is 9.40. The number of hydrogen-bond donors (Lipinski definition) is 0. The third kappa shape index (κ3) is 3.55. The summed E-state index contributed by atoms with van der Waals surface area (Å²) >= 11 is 3.16. The molecule has 4 rings (SSSR count). The van der Waals surface area contributed by atoms with Gasteiger partial charge in [-0.1, -0.05) is 36.3 Å². The predicted molar refractivity (Wildman–Crippen MR) is 113 cm³/mol. The zero-order valence-corrected chi connectivity index (χ0v) is 17.9. The van der Waals surface area contributed by atoms with Crippen LogP contribution in [0.2, 0.25) is 0 Å². The van der Waals surface area contributed by atoms with E-state index in [1.165, 1.54) is 35.0 Å². The van der Waals surface area contributed by atoms with Crippen LogP contribution in [-0.4, -0.2) is 19.7 Å². The van der Waals surface area contributed by atoms with Crippen molar-refractivity contribution in [2.75, 3.05) is 0 Å². The predicted octanol–water partition coefficient (Wildman–Crippen LogP) is 4.71. The van der Waals surface area contributed by atoms with Gasteiger partial charge in [0, 0.05) is 17.8 Å². The van der Waals surface area contributed by atoms with E-state index in [-0.39, 0.29) is 10.8 Å². The van der Waals surface area contributed by atoms with E-state index in [1.54, 1.807) is 22.0 Å². The standard InChI is InChI=1S/C20H24N4O2S2/c1-4-11-24-19(25)16-13-9-7-6-8-10-14(13)28-18(16)22-20(24)27-12(3)17-21-15(5-2)23-26-17/h4,12H,1,5-11H2,2-3H3. The zero-order chi connectivity index (χ0) is 19.7. The average molecular weight is 417 g/mol. The van der Waals surface area contributed by atoms with Crippen molar-refractivity contribution in [1.82, 2.24) is 19.7 Å². The van der Waals surface area contributed by atoms with Crippen LogP contribution in [0.15, 0.2) is 27.1 Å². The van der Waals surface area contributed by atoms with E-state index < -0.39 is 0 Å². The highest BCUT2D eigenvalue weighted by atomic mass is 32.2. The molecule has 0 saturated carbocycles. The van der Waals surface area contributed by atoms with Crippen LogP contribution < -0.4 is 5.56 Å². The molecule has 28 heavy (non-hydrogen) atoms. The summed E-state index contributed by atoms with van der Waals surface area (Å²) < 4.78 is 7.10. The molecule has 3 heterocycles. The van der Waals surface area contributed by atoms with Crippen LogP contribution >= 0.6 is 23.1 Å². The molecule has 6 nitrogen and oxygen atoms in total. The van der Waals surface area contributed by atoms with Crippen molar-refractivity contribution in [3.63, 3.8) is 0 Å². The second-order valence-electron chi connectivity index (χ2n) is 7.01. The van der Waals surface area contributed by atoms with Gasteiger partial charge in [-0.25, -0.2) is 4.98 Å². The molecule has 1 aliphatic rings. The van der Waals surface area contributed by atoms with Crippen molar-refractivity contribution in [1.29, 1.82) is 0 Å². The Kier molecular flexibility index (Phi) is 5.68. The van der Waals surface area contributed by atoms with Crippen LogP contribution in [0, 0.1) is 0 Å². The number of allylic oxidation sites excluding steroid dienone is 1. The lowest BCUT2D eigenvalue weighted by Crippen LogP contribution is -2.23. The Labute approximate surface area is 172 Å². The summed E-state index contributed by atoms with van der Waals surface area (Å²) in [5.41, 5.74) is 1.26. The van der Waals surface area contributed by atoms with Crippen LogP contribution in [-0.2, 0) is 25.8 Å². The van der Waals surface area contributed by atoms with E-state index >= 15 is 0 Å². The summed E-state index contributed by atoms with van der Waals surface area (Å²) in [6.07, 6.45) is 8.07. The third-order valence-corrected chi connectivity index (χ3v) is 7.29. The van der Waals surface area contributed by atoms with Gasteiger partial charge in [0.1, 0.15) is 4.83 Å². The van der Waals surface area contributed by atoms with E-state index in [0.717, 1.165) is 35.9 Å². The molecular formula is C20H24N4O2S2. The number of thiophene rings is 1. The van der Waals surface area contributed by atoms with Crippen LogP contribution in [0.25, 0.3) is 10.2 Å². The second kappa shape index (κ2) is 8.21. The minimum absolute atomic E-state index is 0.0405. The average Bonchev–Trinajstić information content (AvgIpc) is 3.23. The lowest BCUT2D eigenvalue weighted by molar-refractivity contribution is 0.375. The smallest absolute Gasteiger partial charge is 0.263 e. The van der Waals surface area contributed by atoms with Gasteiger partial charge in [-0.05, 0) is 38.2 Å². The van der Waals surface area contributed by atoms with Gasteiger partial charge in [-0.15, -0.1) is 17.9 Å². The number of aromatic nitrogens is 4. The van der Waals surface area contributed by atoms with Crippen molar-refractivity contribution < 1.29 is 4.52 Å². The molecule has 0 aromatic carbocycles. The van der Waals surface area contributed by atoms with E-state index in [9.17, 15) is 4.79 Å². The number of rotatable bonds is 6. The summed E-state index contributed by atoms with van der Waals surface area (Å²) in [6, 6.07) is 0. The number of aryl methyl sites for hydroxylation is 3. The first-order chi connectivity index (χ1) is 13.6. The summed E-state index contributed by atoms with van der Waals surface area (Å²) in [5, 5.41) is 5.37. The largest absolute Gasteiger partial charge is 0.338 e. The van der Waals surface area contributed by atoms with Crippen LogP contribution in [0.3, 0.4) is 0 Å². The minimum Gasteiger partial charge on any atom is -0.338 e. The molecule has 1 atom stereocenters. The highest BCUT2D eigenvalue weighted by Gasteiger charge is 2.23. The molecule has 8 heteroatoms. The Morgan fingerprint density at radius 2 is 2.14 bits per heavy atom. The van der Waals surface area contributed by atoms with Gasteiger partial charge in [-0.3, -0.25) is 9.36 Å². The first-order valence-corrected chi connectivity index (χ1v) is 11.5. The maximum absolute atomic E-state index is 13.4. The zero-order valence-electron chi connectivity index (χ0n) is 16.2. The Morgan fingerprint density at radius 1 is 1.32 bits per heavy atom. The van der Waals surface area contributed by atoms with Gasteiger partial charge < -0.3 is 4.52 Å². The van der Waals surface area contributed by atoms with Gasteiger partial charge in [0.2, 0.25) is 5.89 Å². The van der Waals surface area contributed by atoms with Crippen molar-refractivity contribution in [3.05, 3.63) is 45.2 Å². The number of fused-ring (bicyclic) bond motifs is 3. The molecule has 1 unspecified atom stereocenters. The molecule has 0 N–H and O–H groups in total. The van der Waals surface area contributed by atoms with E-state index in [2.05, 4.69) is 16.7 Å². The fourth-order valence-corrected chi connectivity index (χ4v) is 5.81. The summed E-state index contributed by atoms with van der Waals surface area (Å²) in [7, 11) is 0. The summed E-state index contributed by atoms with van der Waals surface area (Å²) in [4.78, 5) is 24.9. The molecular weight excluding hydrogens is 392 g/mol. The molecule has 0 fully saturated rings. The van der Waals surface area contributed by atoms with Crippen LogP contribution in [0.1, 0.15) is 60.5 Å². The molecule has 0 radical (unpaired) electrons. The molecule has 0 bridgehead atoms. The van der Waals surface area contributed by atoms with Crippen LogP contribution in [0.5, 0.6) is 0 Å². The van der Waals surface area contributed by atoms with Crippen molar-refractivity contribution in [2.24, 2.45) is 0 Å². The Morgan fingerprint density at radius 3 is 2.89 bits per heavy atom. The maximum atomic E-state index is 13.4. The van der Waals surface area contributed by atoms with E-state index in [0.29, 0.717) is 23.4 Å². The third-order valence-electron chi connectivity index (χ3n) is 5.03. The molecule has 3 aromatic rings.